The minimum atomic E-state index is -0.811. The largest absolute Gasteiger partial charge is 0.206 e. The van der Waals surface area contributed by atoms with Crippen molar-refractivity contribution in [3.8, 4) is 22.3 Å². The third-order valence-electron chi connectivity index (χ3n) is 7.72. The van der Waals surface area contributed by atoms with E-state index < -0.39 is 11.6 Å². The zero-order valence-corrected chi connectivity index (χ0v) is 22.7. The average Bonchev–Trinajstić information content (AvgIpc) is 2.94. The van der Waals surface area contributed by atoms with E-state index in [1.807, 2.05) is 19.1 Å². The molecule has 0 nitrogen and oxygen atoms in total. The van der Waals surface area contributed by atoms with Gasteiger partial charge in [0.1, 0.15) is 5.82 Å². The Morgan fingerprint density at radius 1 is 0.763 bits per heavy atom. The van der Waals surface area contributed by atoms with Crippen LogP contribution in [0.5, 0.6) is 0 Å². The van der Waals surface area contributed by atoms with E-state index in [4.69, 9.17) is 0 Å². The Kier molecular flexibility index (Phi) is 10.0. The number of unbranched alkanes of at least 4 members (excludes halogenated alkanes) is 5. The van der Waals surface area contributed by atoms with E-state index >= 15 is 4.39 Å². The molecular formula is C35H39F3. The van der Waals surface area contributed by atoms with Gasteiger partial charge in [-0.2, -0.15) is 0 Å². The Hall–Kier alpha value is -3.07. The summed E-state index contributed by atoms with van der Waals surface area (Å²) in [6.07, 6.45) is 16.8. The Morgan fingerprint density at radius 3 is 2.08 bits per heavy atom. The molecule has 1 aliphatic carbocycles. The molecule has 0 saturated heterocycles. The minimum Gasteiger partial charge on any atom is -0.206 e. The third kappa shape index (κ3) is 6.87. The Balaban J connectivity index is 1.44. The van der Waals surface area contributed by atoms with Gasteiger partial charge in [-0.05, 0) is 78.8 Å². The zero-order chi connectivity index (χ0) is 26.9. The molecule has 0 radical (unpaired) electrons. The fraction of sp³-hybridized carbons (Fsp3) is 0.371. The SMILES string of the molecule is CC=CC1CC=C(c2ccc(-c3ccc(-c4ccc(CCCCCCCC)c(F)c4F)cc3)c(F)c2)CC1. The van der Waals surface area contributed by atoms with Crippen molar-refractivity contribution >= 4 is 5.57 Å². The molecule has 4 rings (SSSR count). The molecule has 3 aromatic carbocycles. The number of aryl methyl sites for hydroxylation is 1. The molecule has 0 heterocycles. The highest BCUT2D eigenvalue weighted by Crippen LogP contribution is 2.34. The number of halogens is 3. The van der Waals surface area contributed by atoms with Gasteiger partial charge in [-0.15, -0.1) is 0 Å². The normalized spacial score (nSPS) is 15.7. The molecule has 38 heavy (non-hydrogen) atoms. The molecule has 0 aromatic heterocycles. The van der Waals surface area contributed by atoms with Crippen LogP contribution in [-0.4, -0.2) is 0 Å². The molecule has 0 bridgehead atoms. The van der Waals surface area contributed by atoms with Gasteiger partial charge < -0.3 is 0 Å². The van der Waals surface area contributed by atoms with Crippen LogP contribution >= 0.6 is 0 Å². The second-order valence-electron chi connectivity index (χ2n) is 10.5. The van der Waals surface area contributed by atoms with Crippen LogP contribution in [0.15, 0.2) is 72.8 Å². The first-order valence-corrected chi connectivity index (χ1v) is 14.2. The van der Waals surface area contributed by atoms with Gasteiger partial charge in [0.25, 0.3) is 0 Å². The van der Waals surface area contributed by atoms with Crippen LogP contribution in [0.25, 0.3) is 27.8 Å². The van der Waals surface area contributed by atoms with Gasteiger partial charge in [-0.3, -0.25) is 0 Å². The number of benzene rings is 3. The van der Waals surface area contributed by atoms with Gasteiger partial charge >= 0.3 is 0 Å². The topological polar surface area (TPSA) is 0 Å². The van der Waals surface area contributed by atoms with Crippen molar-refractivity contribution in [2.75, 3.05) is 0 Å². The highest BCUT2D eigenvalue weighted by atomic mass is 19.2. The second kappa shape index (κ2) is 13.6. The van der Waals surface area contributed by atoms with Crippen molar-refractivity contribution < 1.29 is 13.2 Å². The highest BCUT2D eigenvalue weighted by molar-refractivity contribution is 5.74. The summed E-state index contributed by atoms with van der Waals surface area (Å²) in [7, 11) is 0. The second-order valence-corrected chi connectivity index (χ2v) is 10.5. The van der Waals surface area contributed by atoms with Crippen LogP contribution in [0.2, 0.25) is 0 Å². The van der Waals surface area contributed by atoms with Crippen molar-refractivity contribution in [3.05, 3.63) is 101 Å². The third-order valence-corrected chi connectivity index (χ3v) is 7.72. The Morgan fingerprint density at radius 2 is 1.42 bits per heavy atom. The maximum Gasteiger partial charge on any atom is 0.166 e. The monoisotopic (exact) mass is 516 g/mol. The molecule has 0 aliphatic heterocycles. The molecule has 1 aliphatic rings. The molecule has 200 valence electrons. The van der Waals surface area contributed by atoms with E-state index in [9.17, 15) is 8.78 Å². The predicted molar refractivity (Wildman–Crippen MR) is 154 cm³/mol. The fourth-order valence-electron chi connectivity index (χ4n) is 5.44. The van der Waals surface area contributed by atoms with E-state index in [2.05, 4.69) is 25.2 Å². The van der Waals surface area contributed by atoms with Gasteiger partial charge in [-0.25, -0.2) is 13.2 Å². The van der Waals surface area contributed by atoms with Crippen LogP contribution in [0.3, 0.4) is 0 Å². The van der Waals surface area contributed by atoms with Gasteiger partial charge in [0.2, 0.25) is 0 Å². The lowest BCUT2D eigenvalue weighted by molar-refractivity contribution is 0.497. The van der Waals surface area contributed by atoms with E-state index in [1.54, 1.807) is 42.5 Å². The Labute approximate surface area is 226 Å². The van der Waals surface area contributed by atoms with Gasteiger partial charge in [0.05, 0.1) is 0 Å². The number of rotatable bonds is 11. The van der Waals surface area contributed by atoms with Crippen LogP contribution < -0.4 is 0 Å². The summed E-state index contributed by atoms with van der Waals surface area (Å²) in [6, 6.07) is 15.8. The van der Waals surface area contributed by atoms with Gasteiger partial charge in [0, 0.05) is 11.1 Å². The minimum absolute atomic E-state index is 0.233. The van der Waals surface area contributed by atoms with Crippen molar-refractivity contribution in [1.29, 1.82) is 0 Å². The van der Waals surface area contributed by atoms with Crippen LogP contribution in [-0.2, 0) is 6.42 Å². The smallest absolute Gasteiger partial charge is 0.166 e. The lowest BCUT2D eigenvalue weighted by atomic mass is 9.86. The van der Waals surface area contributed by atoms with E-state index in [0.717, 1.165) is 44.1 Å². The molecule has 0 amide bonds. The first-order valence-electron chi connectivity index (χ1n) is 14.2. The molecule has 0 spiro atoms. The van der Waals surface area contributed by atoms with Gasteiger partial charge in [-0.1, -0.05) is 106 Å². The summed E-state index contributed by atoms with van der Waals surface area (Å²) >= 11 is 0. The van der Waals surface area contributed by atoms with E-state index in [1.165, 1.54) is 24.8 Å². The number of hydrogen-bond acceptors (Lipinski definition) is 0. The molecule has 0 saturated carbocycles. The van der Waals surface area contributed by atoms with Crippen molar-refractivity contribution in [1.82, 2.24) is 0 Å². The first-order chi connectivity index (χ1) is 18.5. The average molecular weight is 517 g/mol. The fourth-order valence-corrected chi connectivity index (χ4v) is 5.44. The van der Waals surface area contributed by atoms with E-state index in [-0.39, 0.29) is 11.4 Å². The summed E-state index contributed by atoms with van der Waals surface area (Å²) in [5, 5.41) is 0. The van der Waals surface area contributed by atoms with Crippen molar-refractivity contribution in [3.63, 3.8) is 0 Å². The molecule has 0 N–H and O–H groups in total. The molecule has 1 atom stereocenters. The van der Waals surface area contributed by atoms with Crippen LogP contribution in [0.4, 0.5) is 13.2 Å². The summed E-state index contributed by atoms with van der Waals surface area (Å²) < 4.78 is 44.9. The molecule has 0 fully saturated rings. The summed E-state index contributed by atoms with van der Waals surface area (Å²) in [4.78, 5) is 0. The van der Waals surface area contributed by atoms with E-state index in [0.29, 0.717) is 34.6 Å². The quantitative estimate of drug-likeness (QED) is 0.176. The maximum atomic E-state index is 15.1. The Bertz CT molecular complexity index is 1270. The van der Waals surface area contributed by atoms with Gasteiger partial charge in [0.15, 0.2) is 11.6 Å². The standard InChI is InChI=1S/C35H39F3/c1-3-5-6-7-8-9-11-29-20-23-32(35(38)34(29)37)28-18-16-27(17-19-28)31-22-21-30(24-33(31)36)26-14-12-25(10-4-2)13-15-26/h4,10,14,16-25H,3,5-9,11-13,15H2,1-2H3. The van der Waals surface area contributed by atoms with Crippen molar-refractivity contribution in [2.45, 2.75) is 78.1 Å². The molecule has 3 heteroatoms. The van der Waals surface area contributed by atoms with Crippen LogP contribution in [0, 0.1) is 23.4 Å². The molecule has 1 unspecified atom stereocenters. The lowest BCUT2D eigenvalue weighted by Crippen LogP contribution is -2.02. The zero-order valence-electron chi connectivity index (χ0n) is 22.7. The number of allylic oxidation sites excluding steroid dienone is 4. The summed E-state index contributed by atoms with van der Waals surface area (Å²) in [6.45, 7) is 4.22. The van der Waals surface area contributed by atoms with Crippen LogP contribution in [0.1, 0.15) is 82.8 Å². The predicted octanol–water partition coefficient (Wildman–Crippen LogP) is 11.1. The number of hydrogen-bond donors (Lipinski definition) is 0. The highest BCUT2D eigenvalue weighted by Gasteiger charge is 2.17. The lowest BCUT2D eigenvalue weighted by Gasteiger charge is -2.20. The molecular weight excluding hydrogens is 477 g/mol. The first kappa shape index (κ1) is 28.0. The van der Waals surface area contributed by atoms with Crippen molar-refractivity contribution in [2.24, 2.45) is 5.92 Å². The molecule has 3 aromatic rings. The maximum absolute atomic E-state index is 15.1. The summed E-state index contributed by atoms with van der Waals surface area (Å²) in [5.41, 5.74) is 4.59. The summed E-state index contributed by atoms with van der Waals surface area (Å²) in [5.74, 6) is -1.27.